The normalized spacial score (nSPS) is 11.7. The summed E-state index contributed by atoms with van der Waals surface area (Å²) in [5.41, 5.74) is 8.20. The van der Waals surface area contributed by atoms with Gasteiger partial charge in [0.05, 0.1) is 15.7 Å². The number of fused-ring (bicyclic) bond motifs is 4. The number of aromatic amines is 1. The van der Waals surface area contributed by atoms with E-state index in [0.29, 0.717) is 21.9 Å². The van der Waals surface area contributed by atoms with E-state index in [1.165, 1.54) is 11.3 Å². The Kier molecular flexibility index (Phi) is 2.57. The molecule has 116 valence electrons. The summed E-state index contributed by atoms with van der Waals surface area (Å²) in [5.74, 6) is 0.302. The zero-order valence-electron chi connectivity index (χ0n) is 12.4. The number of nitrogen functional groups attached to an aromatic ring is 1. The summed E-state index contributed by atoms with van der Waals surface area (Å²) in [6, 6.07) is 15.4. The van der Waals surface area contributed by atoms with Crippen molar-refractivity contribution >= 4 is 49.2 Å². The van der Waals surface area contributed by atoms with Gasteiger partial charge in [0.2, 0.25) is 5.13 Å². The van der Waals surface area contributed by atoms with Crippen molar-refractivity contribution in [3.05, 3.63) is 58.9 Å². The summed E-state index contributed by atoms with van der Waals surface area (Å²) in [4.78, 5) is 19.9. The lowest BCUT2D eigenvalue weighted by Gasteiger charge is -1.97. The van der Waals surface area contributed by atoms with Gasteiger partial charge in [0.15, 0.2) is 0 Å². The molecule has 24 heavy (non-hydrogen) atoms. The molecule has 3 N–H and O–H groups in total. The van der Waals surface area contributed by atoms with Gasteiger partial charge in [0, 0.05) is 5.39 Å². The maximum atomic E-state index is 12.4. The zero-order valence-corrected chi connectivity index (χ0v) is 13.2. The lowest BCUT2D eigenvalue weighted by molar-refractivity contribution is 0.900. The number of anilines is 1. The second-order valence-corrected chi connectivity index (χ2v) is 6.49. The number of rotatable bonds is 1. The van der Waals surface area contributed by atoms with Crippen molar-refractivity contribution in [1.82, 2.24) is 19.7 Å². The molecular weight excluding hydrogens is 322 g/mol. The van der Waals surface area contributed by atoms with Crippen LogP contribution in [0.4, 0.5) is 5.82 Å². The Bertz CT molecular complexity index is 1260. The number of nitrogens with zero attached hydrogens (tertiary/aromatic N) is 3. The van der Waals surface area contributed by atoms with Crippen LogP contribution in [0.15, 0.2) is 53.3 Å². The quantitative estimate of drug-likeness (QED) is 0.493. The smallest absolute Gasteiger partial charge is 0.261 e. The molecule has 3 aromatic heterocycles. The molecule has 0 radical (unpaired) electrons. The molecule has 0 aliphatic rings. The zero-order chi connectivity index (χ0) is 16.3. The summed E-state index contributed by atoms with van der Waals surface area (Å²) in [7, 11) is 0. The molecule has 0 unspecified atom stereocenters. The van der Waals surface area contributed by atoms with Crippen molar-refractivity contribution < 1.29 is 0 Å². The average Bonchev–Trinajstić information content (AvgIpc) is 3.16. The minimum atomic E-state index is -0.242. The van der Waals surface area contributed by atoms with Gasteiger partial charge < -0.3 is 10.7 Å². The highest BCUT2D eigenvalue weighted by Gasteiger charge is 2.18. The fourth-order valence-corrected chi connectivity index (χ4v) is 3.85. The molecule has 0 aliphatic carbocycles. The standard InChI is InChI=1S/C17H11N5OS/c18-15-13-14(9-5-1-2-6-10(9)19-16(13)23)21-22(15)17-20-11-7-3-4-8-12(11)24-17/h1-8H,18H2,(H,19,23). The molecule has 0 spiro atoms. The van der Waals surface area contributed by atoms with Crippen molar-refractivity contribution in [3.8, 4) is 5.13 Å². The number of hydrogen-bond acceptors (Lipinski definition) is 5. The highest BCUT2D eigenvalue weighted by atomic mass is 32.1. The first-order valence-electron chi connectivity index (χ1n) is 7.37. The van der Waals surface area contributed by atoms with Gasteiger partial charge in [0.1, 0.15) is 16.7 Å². The number of aromatic nitrogens is 4. The Balaban J connectivity index is 1.89. The molecule has 5 rings (SSSR count). The van der Waals surface area contributed by atoms with E-state index < -0.39 is 0 Å². The van der Waals surface area contributed by atoms with Crippen molar-refractivity contribution in [2.75, 3.05) is 5.73 Å². The summed E-state index contributed by atoms with van der Waals surface area (Å²) < 4.78 is 2.60. The van der Waals surface area contributed by atoms with Crippen LogP contribution in [0, 0.1) is 0 Å². The number of nitrogens with two attached hydrogens (primary N) is 1. The van der Waals surface area contributed by atoms with Crippen LogP contribution >= 0.6 is 11.3 Å². The third kappa shape index (κ3) is 1.73. The van der Waals surface area contributed by atoms with E-state index >= 15 is 0 Å². The van der Waals surface area contributed by atoms with Crippen LogP contribution in [0.5, 0.6) is 0 Å². The lowest BCUT2D eigenvalue weighted by Crippen LogP contribution is -2.08. The van der Waals surface area contributed by atoms with E-state index in [-0.39, 0.29) is 5.56 Å². The van der Waals surface area contributed by atoms with Gasteiger partial charge in [-0.15, -0.1) is 0 Å². The maximum Gasteiger partial charge on any atom is 0.261 e. The minimum Gasteiger partial charge on any atom is -0.383 e. The summed E-state index contributed by atoms with van der Waals surface area (Å²) in [6.45, 7) is 0. The van der Waals surface area contributed by atoms with Gasteiger partial charge >= 0.3 is 0 Å². The number of thiazole rings is 1. The van der Waals surface area contributed by atoms with Crippen LogP contribution < -0.4 is 11.3 Å². The Morgan fingerprint density at radius 1 is 1.08 bits per heavy atom. The molecule has 0 bridgehead atoms. The van der Waals surface area contributed by atoms with Gasteiger partial charge in [0.25, 0.3) is 5.56 Å². The summed E-state index contributed by atoms with van der Waals surface area (Å²) >= 11 is 1.49. The van der Waals surface area contributed by atoms with E-state index in [1.807, 2.05) is 48.5 Å². The number of hydrogen-bond donors (Lipinski definition) is 2. The second-order valence-electron chi connectivity index (χ2n) is 5.48. The maximum absolute atomic E-state index is 12.4. The molecular formula is C17H11N5OS. The van der Waals surface area contributed by atoms with Crippen molar-refractivity contribution in [2.24, 2.45) is 0 Å². The van der Waals surface area contributed by atoms with Crippen molar-refractivity contribution in [2.45, 2.75) is 0 Å². The number of nitrogens with one attached hydrogen (secondary N) is 1. The molecule has 6 nitrogen and oxygen atoms in total. The molecule has 0 amide bonds. The van der Waals surface area contributed by atoms with Crippen LogP contribution in [-0.2, 0) is 0 Å². The first-order chi connectivity index (χ1) is 11.7. The Hall–Kier alpha value is -3.19. The van der Waals surface area contributed by atoms with Gasteiger partial charge in [-0.1, -0.05) is 41.7 Å². The van der Waals surface area contributed by atoms with Crippen LogP contribution in [0.25, 0.3) is 37.2 Å². The molecule has 3 heterocycles. The van der Waals surface area contributed by atoms with E-state index in [1.54, 1.807) is 4.68 Å². The largest absolute Gasteiger partial charge is 0.383 e. The predicted octanol–water partition coefficient (Wildman–Crippen LogP) is 3.06. The molecule has 2 aromatic carbocycles. The van der Waals surface area contributed by atoms with E-state index in [4.69, 9.17) is 5.73 Å². The van der Waals surface area contributed by atoms with Crippen molar-refractivity contribution in [3.63, 3.8) is 0 Å². The highest BCUT2D eigenvalue weighted by molar-refractivity contribution is 7.20. The molecule has 7 heteroatoms. The summed E-state index contributed by atoms with van der Waals surface area (Å²) in [5, 5.41) is 6.49. The van der Waals surface area contributed by atoms with Gasteiger partial charge in [-0.2, -0.15) is 9.78 Å². The lowest BCUT2D eigenvalue weighted by atomic mass is 10.1. The van der Waals surface area contributed by atoms with Crippen molar-refractivity contribution in [1.29, 1.82) is 0 Å². The predicted molar refractivity (Wildman–Crippen MR) is 96.8 cm³/mol. The number of benzene rings is 2. The Labute approximate surface area is 139 Å². The molecule has 0 fully saturated rings. The molecule has 0 atom stereocenters. The average molecular weight is 333 g/mol. The number of pyridine rings is 1. The highest BCUT2D eigenvalue weighted by Crippen LogP contribution is 2.30. The van der Waals surface area contributed by atoms with Gasteiger partial charge in [-0.3, -0.25) is 4.79 Å². The molecule has 0 saturated heterocycles. The molecule has 0 aliphatic heterocycles. The minimum absolute atomic E-state index is 0.242. The number of para-hydroxylation sites is 2. The van der Waals surface area contributed by atoms with Crippen LogP contribution in [0.1, 0.15) is 0 Å². The third-order valence-electron chi connectivity index (χ3n) is 4.04. The summed E-state index contributed by atoms with van der Waals surface area (Å²) in [6.07, 6.45) is 0. The van der Waals surface area contributed by atoms with Crippen LogP contribution in [0.2, 0.25) is 0 Å². The van der Waals surface area contributed by atoms with Crippen LogP contribution in [-0.4, -0.2) is 19.7 Å². The van der Waals surface area contributed by atoms with E-state index in [2.05, 4.69) is 15.1 Å². The second kappa shape index (κ2) is 4.65. The van der Waals surface area contributed by atoms with E-state index in [0.717, 1.165) is 21.1 Å². The fraction of sp³-hybridized carbons (Fsp3) is 0. The monoisotopic (exact) mass is 333 g/mol. The SMILES string of the molecule is Nc1c2c(=O)[nH]c3ccccc3c2nn1-c1nc2ccccc2s1. The fourth-order valence-electron chi connectivity index (χ4n) is 2.92. The van der Waals surface area contributed by atoms with Gasteiger partial charge in [-0.05, 0) is 18.2 Å². The third-order valence-corrected chi connectivity index (χ3v) is 5.05. The Morgan fingerprint density at radius 2 is 1.88 bits per heavy atom. The Morgan fingerprint density at radius 3 is 2.75 bits per heavy atom. The first-order valence-corrected chi connectivity index (χ1v) is 8.19. The molecule has 5 aromatic rings. The van der Waals surface area contributed by atoms with Gasteiger partial charge in [-0.25, -0.2) is 4.98 Å². The van der Waals surface area contributed by atoms with E-state index in [9.17, 15) is 4.79 Å². The molecule has 0 saturated carbocycles. The number of H-pyrrole nitrogens is 1. The first kappa shape index (κ1) is 13.3. The van der Waals surface area contributed by atoms with Crippen LogP contribution in [0.3, 0.4) is 0 Å². The topological polar surface area (TPSA) is 89.6 Å².